The number of rotatable bonds is 6. The zero-order chi connectivity index (χ0) is 23.5. The number of thiophene rings is 1. The molecule has 1 unspecified atom stereocenters. The van der Waals surface area contributed by atoms with Gasteiger partial charge in [0.2, 0.25) is 11.8 Å². The first-order valence-corrected chi connectivity index (χ1v) is 12.6. The molecule has 0 radical (unpaired) electrons. The van der Waals surface area contributed by atoms with Crippen molar-refractivity contribution in [2.45, 2.75) is 38.8 Å². The van der Waals surface area contributed by atoms with Crippen molar-refractivity contribution < 1.29 is 9.59 Å². The lowest BCUT2D eigenvalue weighted by atomic mass is 9.93. The van der Waals surface area contributed by atoms with Gasteiger partial charge in [0, 0.05) is 27.5 Å². The van der Waals surface area contributed by atoms with Gasteiger partial charge in [-0.1, -0.05) is 59.6 Å². The predicted molar refractivity (Wildman–Crippen MR) is 135 cm³/mol. The Kier molecular flexibility index (Phi) is 7.42. The summed E-state index contributed by atoms with van der Waals surface area (Å²) in [6.07, 6.45) is 1.06. The van der Waals surface area contributed by atoms with E-state index in [2.05, 4.69) is 11.4 Å². The van der Waals surface area contributed by atoms with Crippen LogP contribution >= 0.6 is 34.5 Å². The summed E-state index contributed by atoms with van der Waals surface area (Å²) < 4.78 is 0. The molecule has 0 saturated heterocycles. The Bertz CT molecular complexity index is 1150. The first kappa shape index (κ1) is 23.8. The normalized spacial score (nSPS) is 15.4. The first-order valence-electron chi connectivity index (χ1n) is 11.0. The van der Waals surface area contributed by atoms with E-state index in [0.717, 1.165) is 23.1 Å². The molecular formula is C26H26Cl2N2O2S. The van der Waals surface area contributed by atoms with Crippen LogP contribution in [0.5, 0.6) is 0 Å². The average molecular weight is 501 g/mol. The summed E-state index contributed by atoms with van der Waals surface area (Å²) in [6.45, 7) is 4.49. The second-order valence-electron chi connectivity index (χ2n) is 8.48. The van der Waals surface area contributed by atoms with Gasteiger partial charge in [-0.25, -0.2) is 0 Å². The van der Waals surface area contributed by atoms with E-state index in [1.54, 1.807) is 28.4 Å². The topological polar surface area (TPSA) is 40.6 Å². The molecular weight excluding hydrogens is 475 g/mol. The van der Waals surface area contributed by atoms with Gasteiger partial charge in [-0.15, -0.1) is 11.3 Å². The van der Waals surface area contributed by atoms with Crippen molar-refractivity contribution in [1.29, 1.82) is 0 Å². The molecule has 1 atom stereocenters. The van der Waals surface area contributed by atoms with Crippen LogP contribution in [0.1, 0.15) is 41.5 Å². The zero-order valence-electron chi connectivity index (χ0n) is 18.6. The molecule has 33 heavy (non-hydrogen) atoms. The van der Waals surface area contributed by atoms with Crippen molar-refractivity contribution in [2.24, 2.45) is 0 Å². The summed E-state index contributed by atoms with van der Waals surface area (Å²) in [7, 11) is 0. The van der Waals surface area contributed by atoms with Crippen LogP contribution in [-0.2, 0) is 22.4 Å². The van der Waals surface area contributed by atoms with E-state index >= 15 is 0 Å². The lowest BCUT2D eigenvalue weighted by molar-refractivity contribution is -0.142. The SMILES string of the molecule is CC(C)N(CC(=O)N1CCc2sccc2C1c1ccc(Cl)cc1Cl)C(=O)Cc1ccccc1. The molecule has 1 aliphatic heterocycles. The summed E-state index contributed by atoms with van der Waals surface area (Å²) >= 11 is 14.4. The van der Waals surface area contributed by atoms with Crippen LogP contribution in [0.2, 0.25) is 10.0 Å². The summed E-state index contributed by atoms with van der Waals surface area (Å²) in [4.78, 5) is 31.5. The van der Waals surface area contributed by atoms with Crippen LogP contribution in [0.25, 0.3) is 0 Å². The molecule has 0 fully saturated rings. The summed E-state index contributed by atoms with van der Waals surface area (Å²) in [5.74, 6) is -0.142. The molecule has 0 aliphatic carbocycles. The highest BCUT2D eigenvalue weighted by Gasteiger charge is 2.35. The number of amides is 2. The molecule has 0 N–H and O–H groups in total. The summed E-state index contributed by atoms with van der Waals surface area (Å²) in [6, 6.07) is 16.7. The Hall–Kier alpha value is -2.34. The van der Waals surface area contributed by atoms with Crippen LogP contribution < -0.4 is 0 Å². The number of carbonyl (C=O) groups is 2. The third-order valence-corrected chi connectivity index (χ3v) is 7.55. The van der Waals surface area contributed by atoms with Crippen LogP contribution in [0.4, 0.5) is 0 Å². The Balaban J connectivity index is 1.60. The molecule has 1 aromatic heterocycles. The van der Waals surface area contributed by atoms with Gasteiger partial charge in [-0.3, -0.25) is 9.59 Å². The van der Waals surface area contributed by atoms with E-state index in [-0.39, 0.29) is 36.9 Å². The minimum absolute atomic E-state index is 0.0323. The molecule has 2 aromatic carbocycles. The molecule has 1 aliphatic rings. The average Bonchev–Trinajstić information content (AvgIpc) is 3.26. The van der Waals surface area contributed by atoms with E-state index in [0.29, 0.717) is 16.6 Å². The van der Waals surface area contributed by atoms with Crippen LogP contribution in [0, 0.1) is 0 Å². The predicted octanol–water partition coefficient (Wildman–Crippen LogP) is 6.01. The molecule has 4 rings (SSSR count). The van der Waals surface area contributed by atoms with Crippen molar-refractivity contribution in [3.05, 3.63) is 91.6 Å². The van der Waals surface area contributed by atoms with Crippen molar-refractivity contribution in [3.8, 4) is 0 Å². The Labute approximate surface area is 208 Å². The molecule has 2 amide bonds. The number of benzene rings is 2. The van der Waals surface area contributed by atoms with Crippen LogP contribution in [0.3, 0.4) is 0 Å². The van der Waals surface area contributed by atoms with Crippen LogP contribution in [-0.4, -0.2) is 40.7 Å². The van der Waals surface area contributed by atoms with Gasteiger partial charge < -0.3 is 9.80 Å². The lowest BCUT2D eigenvalue weighted by Gasteiger charge is -2.38. The molecule has 2 heterocycles. The number of nitrogens with zero attached hydrogens (tertiary/aromatic N) is 2. The maximum Gasteiger partial charge on any atom is 0.243 e. The van der Waals surface area contributed by atoms with Gasteiger partial charge in [0.25, 0.3) is 0 Å². The van der Waals surface area contributed by atoms with Gasteiger partial charge in [0.15, 0.2) is 0 Å². The molecule has 3 aromatic rings. The minimum Gasteiger partial charge on any atom is -0.331 e. The third kappa shape index (κ3) is 5.26. The highest BCUT2D eigenvalue weighted by atomic mass is 35.5. The fourth-order valence-corrected chi connectivity index (χ4v) is 5.73. The number of hydrogen-bond donors (Lipinski definition) is 0. The lowest BCUT2D eigenvalue weighted by Crippen LogP contribution is -2.49. The molecule has 0 spiro atoms. The van der Waals surface area contributed by atoms with Gasteiger partial charge in [-0.2, -0.15) is 0 Å². The van der Waals surface area contributed by atoms with Crippen molar-refractivity contribution in [1.82, 2.24) is 9.80 Å². The van der Waals surface area contributed by atoms with E-state index in [1.807, 2.05) is 55.1 Å². The number of fused-ring (bicyclic) bond motifs is 1. The van der Waals surface area contributed by atoms with Gasteiger partial charge >= 0.3 is 0 Å². The van der Waals surface area contributed by atoms with Gasteiger partial charge in [0.05, 0.1) is 12.5 Å². The number of carbonyl (C=O) groups excluding carboxylic acids is 2. The maximum absolute atomic E-state index is 13.6. The van der Waals surface area contributed by atoms with E-state index in [1.165, 1.54) is 4.88 Å². The molecule has 7 heteroatoms. The summed E-state index contributed by atoms with van der Waals surface area (Å²) in [5.41, 5.74) is 2.88. The summed E-state index contributed by atoms with van der Waals surface area (Å²) in [5, 5.41) is 3.14. The highest BCUT2D eigenvalue weighted by Crippen LogP contribution is 2.41. The largest absolute Gasteiger partial charge is 0.331 e. The monoisotopic (exact) mass is 500 g/mol. The van der Waals surface area contributed by atoms with E-state index in [9.17, 15) is 9.59 Å². The second-order valence-corrected chi connectivity index (χ2v) is 10.3. The fourth-order valence-electron chi connectivity index (χ4n) is 4.31. The quantitative estimate of drug-likeness (QED) is 0.415. The highest BCUT2D eigenvalue weighted by molar-refractivity contribution is 7.10. The standard InChI is InChI=1S/C26H26Cl2N2O2S/c1-17(2)30(24(31)14-18-6-4-3-5-7-18)16-25(32)29-12-10-23-21(11-13-33-23)26(29)20-9-8-19(27)15-22(20)28/h3-9,11,13,15,17,26H,10,12,14,16H2,1-2H3. The van der Waals surface area contributed by atoms with Crippen LogP contribution in [0.15, 0.2) is 60.0 Å². The number of halogens is 2. The number of hydrogen-bond acceptors (Lipinski definition) is 3. The maximum atomic E-state index is 13.6. The molecule has 0 bridgehead atoms. The Morgan fingerprint density at radius 1 is 1.09 bits per heavy atom. The van der Waals surface area contributed by atoms with Crippen molar-refractivity contribution in [2.75, 3.05) is 13.1 Å². The Morgan fingerprint density at radius 3 is 2.55 bits per heavy atom. The Morgan fingerprint density at radius 2 is 1.85 bits per heavy atom. The van der Waals surface area contributed by atoms with Gasteiger partial charge in [0.1, 0.15) is 6.54 Å². The minimum atomic E-state index is -0.296. The van der Waals surface area contributed by atoms with Gasteiger partial charge in [-0.05, 0) is 60.5 Å². The van der Waals surface area contributed by atoms with Crippen molar-refractivity contribution in [3.63, 3.8) is 0 Å². The molecule has 4 nitrogen and oxygen atoms in total. The third-order valence-electron chi connectivity index (χ3n) is 5.99. The molecule has 0 saturated carbocycles. The van der Waals surface area contributed by atoms with Crippen molar-refractivity contribution >= 4 is 46.4 Å². The van der Waals surface area contributed by atoms with E-state index in [4.69, 9.17) is 23.2 Å². The van der Waals surface area contributed by atoms with E-state index < -0.39 is 0 Å². The first-order chi connectivity index (χ1) is 15.8. The molecule has 172 valence electrons. The smallest absolute Gasteiger partial charge is 0.243 e. The second kappa shape index (κ2) is 10.3. The fraction of sp³-hybridized carbons (Fsp3) is 0.308. The zero-order valence-corrected chi connectivity index (χ0v) is 21.0.